The molecular formula is C19H32N3O6PS2. The van der Waals surface area contributed by atoms with Crippen molar-refractivity contribution in [3.63, 3.8) is 0 Å². The molecule has 0 saturated heterocycles. The van der Waals surface area contributed by atoms with Crippen molar-refractivity contribution in [3.8, 4) is 0 Å². The van der Waals surface area contributed by atoms with Gasteiger partial charge >= 0.3 is 6.03 Å². The molecule has 0 heterocycles. The molecule has 31 heavy (non-hydrogen) atoms. The summed E-state index contributed by atoms with van der Waals surface area (Å²) in [7, 11) is -0.0306. The fourth-order valence-electron chi connectivity index (χ4n) is 2.69. The molecule has 12 heteroatoms. The van der Waals surface area contributed by atoms with Gasteiger partial charge < -0.3 is 9.26 Å². The number of nitrogens with zero attached hydrogens (tertiary/aromatic N) is 2. The Kier molecular flexibility index (Phi) is 10.6. The Bertz CT molecular complexity index is 925. The maximum Gasteiger partial charge on any atom is 0.337 e. The lowest BCUT2D eigenvalue weighted by molar-refractivity contribution is -0.129. The van der Waals surface area contributed by atoms with E-state index in [0.29, 0.717) is 12.0 Å². The van der Waals surface area contributed by atoms with Crippen molar-refractivity contribution >= 4 is 40.3 Å². The second-order valence-corrected chi connectivity index (χ2v) is 12.6. The Morgan fingerprint density at radius 1 is 1.23 bits per heavy atom. The molecule has 0 aliphatic rings. The molecule has 0 bridgehead atoms. The van der Waals surface area contributed by atoms with Crippen molar-refractivity contribution in [1.82, 2.24) is 14.1 Å². The van der Waals surface area contributed by atoms with Gasteiger partial charge in [0.05, 0.1) is 11.0 Å². The number of aryl methyl sites for hydroxylation is 1. The van der Waals surface area contributed by atoms with Crippen molar-refractivity contribution in [2.24, 2.45) is 0 Å². The Hall–Kier alpha value is -1.52. The highest BCUT2D eigenvalue weighted by molar-refractivity contribution is 8.10. The number of unbranched alkanes of at least 4 members (excludes halogenated alkanes) is 1. The summed E-state index contributed by atoms with van der Waals surface area (Å²) in [5.41, 5.74) is 0.488. The third-order valence-corrected chi connectivity index (χ3v) is 10.3. The molecule has 1 aromatic rings. The van der Waals surface area contributed by atoms with E-state index in [4.69, 9.17) is 21.1 Å². The lowest BCUT2D eigenvalue weighted by Crippen LogP contribution is -2.44. The Morgan fingerprint density at radius 2 is 1.84 bits per heavy atom. The van der Waals surface area contributed by atoms with Crippen LogP contribution in [0, 0.1) is 6.92 Å². The van der Waals surface area contributed by atoms with E-state index in [-0.39, 0.29) is 17.6 Å². The maximum absolute atomic E-state index is 12.9. The summed E-state index contributed by atoms with van der Waals surface area (Å²) in [5, 5.41) is 0. The van der Waals surface area contributed by atoms with Crippen LogP contribution < -0.4 is 4.72 Å². The highest BCUT2D eigenvalue weighted by Gasteiger charge is 2.38. The van der Waals surface area contributed by atoms with E-state index in [1.54, 1.807) is 32.0 Å². The van der Waals surface area contributed by atoms with Crippen molar-refractivity contribution < 1.29 is 27.3 Å². The molecule has 1 aromatic carbocycles. The van der Waals surface area contributed by atoms with Gasteiger partial charge in [-0.1, -0.05) is 38.0 Å². The molecule has 0 aliphatic carbocycles. The van der Waals surface area contributed by atoms with E-state index < -0.39 is 28.5 Å². The Morgan fingerprint density at radius 3 is 2.39 bits per heavy atom. The van der Waals surface area contributed by atoms with Crippen LogP contribution in [0.3, 0.4) is 0 Å². The van der Waals surface area contributed by atoms with Crippen LogP contribution in [0.5, 0.6) is 0 Å². The highest BCUT2D eigenvalue weighted by atomic mass is 32.5. The SMILES string of the molecule is CCCCC(C)OP(=S)(N(C)C(=O)COC)N(C)C(=O)NS(=O)(=O)c1ccccc1C. The number of methoxy groups -OCH3 is 1. The lowest BCUT2D eigenvalue weighted by Gasteiger charge is -2.39. The molecule has 3 amide bonds. The van der Waals surface area contributed by atoms with Crippen LogP contribution in [0.2, 0.25) is 0 Å². The minimum atomic E-state index is -4.15. The predicted octanol–water partition coefficient (Wildman–Crippen LogP) is 3.25. The van der Waals surface area contributed by atoms with Gasteiger partial charge in [-0.25, -0.2) is 17.9 Å². The molecule has 176 valence electrons. The van der Waals surface area contributed by atoms with Gasteiger partial charge in [-0.05, 0) is 43.7 Å². The lowest BCUT2D eigenvalue weighted by atomic mass is 10.2. The molecule has 0 saturated carbocycles. The first-order valence-electron chi connectivity index (χ1n) is 9.81. The summed E-state index contributed by atoms with van der Waals surface area (Å²) in [5.74, 6) is -0.477. The number of amides is 3. The number of ether oxygens (including phenoxy) is 1. The van der Waals surface area contributed by atoms with E-state index in [1.165, 1.54) is 27.3 Å². The smallest absolute Gasteiger partial charge is 0.337 e. The van der Waals surface area contributed by atoms with E-state index in [1.807, 2.05) is 11.6 Å². The zero-order valence-electron chi connectivity index (χ0n) is 18.8. The van der Waals surface area contributed by atoms with Crippen LogP contribution in [0.1, 0.15) is 38.7 Å². The first-order valence-corrected chi connectivity index (χ1v) is 13.9. The third kappa shape index (κ3) is 7.25. The number of sulfonamides is 1. The van der Waals surface area contributed by atoms with Gasteiger partial charge in [-0.15, -0.1) is 0 Å². The number of hydrogen-bond acceptors (Lipinski definition) is 7. The van der Waals surface area contributed by atoms with Crippen LogP contribution >= 0.6 is 6.57 Å². The number of hydrogen-bond donors (Lipinski definition) is 1. The molecule has 2 atom stereocenters. The standard InChI is InChI=1S/C19H32N3O6PS2/c1-7-8-12-16(3)28-29(30,21(4)18(23)14-27-6)22(5)19(24)20-31(25,26)17-13-10-9-11-15(17)2/h9-11,13,16H,7-8,12,14H2,1-6H3,(H,20,24). The van der Waals surface area contributed by atoms with Crippen LogP contribution in [0.25, 0.3) is 0 Å². The van der Waals surface area contributed by atoms with Gasteiger partial charge in [0.2, 0.25) is 0 Å². The number of carbonyl (C=O) groups excluding carboxylic acids is 2. The number of likely N-dealkylation sites (N-methyl/N-ethyl adjacent to an activating group) is 1. The third-order valence-electron chi connectivity index (χ3n) is 4.57. The minimum Gasteiger partial charge on any atom is -0.375 e. The molecule has 0 fully saturated rings. The fraction of sp³-hybridized carbons (Fsp3) is 0.579. The summed E-state index contributed by atoms with van der Waals surface area (Å²) in [6, 6.07) is 5.31. The van der Waals surface area contributed by atoms with Crippen molar-refractivity contribution in [2.75, 3.05) is 27.8 Å². The van der Waals surface area contributed by atoms with Gasteiger partial charge in [0.1, 0.15) is 6.61 Å². The number of nitrogens with one attached hydrogen (secondary N) is 1. The summed E-state index contributed by atoms with van der Waals surface area (Å²) in [4.78, 5) is 25.4. The average molecular weight is 494 g/mol. The van der Waals surface area contributed by atoms with Gasteiger partial charge in [0.25, 0.3) is 22.5 Å². The van der Waals surface area contributed by atoms with Crippen LogP contribution in [0.4, 0.5) is 4.79 Å². The molecule has 9 nitrogen and oxygen atoms in total. The zero-order valence-corrected chi connectivity index (χ0v) is 21.4. The Labute approximate surface area is 190 Å². The van der Waals surface area contributed by atoms with Crippen molar-refractivity contribution in [1.29, 1.82) is 0 Å². The van der Waals surface area contributed by atoms with Gasteiger partial charge in [-0.3, -0.25) is 14.1 Å². The molecule has 0 aliphatic heterocycles. The first kappa shape index (κ1) is 27.5. The molecule has 1 rings (SSSR count). The second kappa shape index (κ2) is 11.9. The van der Waals surface area contributed by atoms with Gasteiger partial charge in [-0.2, -0.15) is 0 Å². The minimum absolute atomic E-state index is 0.0221. The zero-order chi connectivity index (χ0) is 23.8. The second-order valence-electron chi connectivity index (χ2n) is 7.10. The molecule has 1 N–H and O–H groups in total. The number of carbonyl (C=O) groups is 2. The number of benzene rings is 1. The van der Waals surface area contributed by atoms with E-state index in [0.717, 1.165) is 22.2 Å². The average Bonchev–Trinajstić information content (AvgIpc) is 2.70. The molecule has 2 unspecified atom stereocenters. The number of rotatable bonds is 11. The molecule has 0 radical (unpaired) electrons. The number of urea groups is 1. The molecule has 0 aromatic heterocycles. The van der Waals surface area contributed by atoms with E-state index >= 15 is 0 Å². The first-order chi connectivity index (χ1) is 14.4. The van der Waals surface area contributed by atoms with Crippen molar-refractivity contribution in [3.05, 3.63) is 29.8 Å². The molecular weight excluding hydrogens is 461 g/mol. The largest absolute Gasteiger partial charge is 0.375 e. The van der Waals surface area contributed by atoms with Crippen LogP contribution in [0.15, 0.2) is 29.2 Å². The topological polar surface area (TPSA) is 105 Å². The van der Waals surface area contributed by atoms with E-state index in [2.05, 4.69) is 0 Å². The predicted molar refractivity (Wildman–Crippen MR) is 124 cm³/mol. The summed E-state index contributed by atoms with van der Waals surface area (Å²) in [6.45, 7) is 1.78. The summed E-state index contributed by atoms with van der Waals surface area (Å²) < 4.78 is 40.6. The quantitative estimate of drug-likeness (QED) is 0.472. The maximum atomic E-state index is 12.9. The highest BCUT2D eigenvalue weighted by Crippen LogP contribution is 2.54. The Balaban J connectivity index is 3.21. The normalized spacial score (nSPS) is 14.4. The molecule has 0 spiro atoms. The fourth-order valence-corrected chi connectivity index (χ4v) is 6.80. The monoisotopic (exact) mass is 493 g/mol. The summed E-state index contributed by atoms with van der Waals surface area (Å²) in [6.07, 6.45) is 2.16. The summed E-state index contributed by atoms with van der Waals surface area (Å²) >= 11 is 5.68. The van der Waals surface area contributed by atoms with Gasteiger partial charge in [0.15, 0.2) is 0 Å². The van der Waals surface area contributed by atoms with Crippen LogP contribution in [-0.4, -0.2) is 63.6 Å². The van der Waals surface area contributed by atoms with Crippen LogP contribution in [-0.2, 0) is 35.9 Å². The van der Waals surface area contributed by atoms with Gasteiger partial charge in [0, 0.05) is 21.2 Å². The van der Waals surface area contributed by atoms with Crippen molar-refractivity contribution in [2.45, 2.75) is 51.0 Å². The van der Waals surface area contributed by atoms with E-state index in [9.17, 15) is 18.0 Å².